The van der Waals surface area contributed by atoms with Crippen LogP contribution in [0.1, 0.15) is 38.2 Å². The largest absolute Gasteiger partial charge is 0.338 e. The molecule has 1 aliphatic rings. The zero-order valence-electron chi connectivity index (χ0n) is 13.7. The van der Waals surface area contributed by atoms with E-state index in [0.29, 0.717) is 24.7 Å². The van der Waals surface area contributed by atoms with Crippen LogP contribution in [0.5, 0.6) is 0 Å². The Labute approximate surface area is 138 Å². The van der Waals surface area contributed by atoms with Gasteiger partial charge < -0.3 is 10.6 Å². The summed E-state index contributed by atoms with van der Waals surface area (Å²) in [5, 5.41) is 5.54. The molecule has 2 amide bonds. The number of carbonyl (C=O) groups excluding carboxylic acids is 1. The Morgan fingerprint density at radius 3 is 2.70 bits per heavy atom. The Balaban J connectivity index is 2.03. The van der Waals surface area contributed by atoms with Gasteiger partial charge in [0.25, 0.3) is 0 Å². The van der Waals surface area contributed by atoms with Gasteiger partial charge in [-0.2, -0.15) is 0 Å². The quantitative estimate of drug-likeness (QED) is 0.636. The second kappa shape index (κ2) is 7.79. The molecule has 3 N–H and O–H groups in total. The van der Waals surface area contributed by atoms with Gasteiger partial charge in [0.15, 0.2) is 0 Å². The van der Waals surface area contributed by atoms with E-state index in [-0.39, 0.29) is 10.9 Å². The Morgan fingerprint density at radius 1 is 1.30 bits per heavy atom. The number of urea groups is 1. The van der Waals surface area contributed by atoms with Crippen molar-refractivity contribution in [2.24, 2.45) is 5.92 Å². The lowest BCUT2D eigenvalue weighted by Gasteiger charge is -2.12. The summed E-state index contributed by atoms with van der Waals surface area (Å²) in [5.74, 6) is 0.594. The maximum absolute atomic E-state index is 12.2. The third-order valence-electron chi connectivity index (χ3n) is 3.84. The van der Waals surface area contributed by atoms with Crippen molar-refractivity contribution >= 4 is 21.7 Å². The maximum Gasteiger partial charge on any atom is 0.319 e. The first-order chi connectivity index (χ1) is 10.9. The standard InChI is InChI=1S/C16H25N3O3S/c1-3-4-9-18-23(21,22)14-8-5-12(2)15(10-14)19-16(20)17-11-13-6-7-13/h5,8,10,13,18H,3-4,6-7,9,11H2,1-2H3,(H2,17,19,20). The van der Waals surface area contributed by atoms with Crippen molar-refractivity contribution in [1.29, 1.82) is 0 Å². The molecule has 128 valence electrons. The van der Waals surface area contributed by atoms with E-state index in [9.17, 15) is 13.2 Å². The van der Waals surface area contributed by atoms with Crippen molar-refractivity contribution in [1.82, 2.24) is 10.0 Å². The van der Waals surface area contributed by atoms with Crippen LogP contribution < -0.4 is 15.4 Å². The molecule has 1 fully saturated rings. The number of benzene rings is 1. The van der Waals surface area contributed by atoms with Crippen LogP contribution in [0.4, 0.5) is 10.5 Å². The molecule has 0 aliphatic heterocycles. The highest BCUT2D eigenvalue weighted by molar-refractivity contribution is 7.89. The number of hydrogen-bond acceptors (Lipinski definition) is 3. The van der Waals surface area contributed by atoms with Crippen molar-refractivity contribution < 1.29 is 13.2 Å². The molecule has 0 atom stereocenters. The summed E-state index contributed by atoms with van der Waals surface area (Å²) in [6, 6.07) is 4.45. The first kappa shape index (κ1) is 17.7. The molecule has 0 heterocycles. The predicted octanol–water partition coefficient (Wildman–Crippen LogP) is 2.60. The van der Waals surface area contributed by atoms with Gasteiger partial charge in [-0.1, -0.05) is 19.4 Å². The van der Waals surface area contributed by atoms with Crippen LogP contribution in [0.3, 0.4) is 0 Å². The molecule has 2 rings (SSSR count). The molecular formula is C16H25N3O3S. The lowest BCUT2D eigenvalue weighted by atomic mass is 10.2. The summed E-state index contributed by atoms with van der Waals surface area (Å²) >= 11 is 0. The Kier molecular flexibility index (Phi) is 6.01. The van der Waals surface area contributed by atoms with Crippen molar-refractivity contribution in [2.75, 3.05) is 18.4 Å². The van der Waals surface area contributed by atoms with E-state index in [1.54, 1.807) is 12.1 Å². The molecule has 0 saturated heterocycles. The van der Waals surface area contributed by atoms with E-state index < -0.39 is 10.0 Å². The molecule has 0 unspecified atom stereocenters. The minimum atomic E-state index is -3.55. The first-order valence-corrected chi connectivity index (χ1v) is 9.56. The Morgan fingerprint density at radius 2 is 2.04 bits per heavy atom. The van der Waals surface area contributed by atoms with E-state index in [0.717, 1.165) is 31.2 Å². The van der Waals surface area contributed by atoms with Crippen LogP contribution in [0.15, 0.2) is 23.1 Å². The van der Waals surface area contributed by atoms with Crippen LogP contribution in [0, 0.1) is 12.8 Å². The fraction of sp³-hybridized carbons (Fsp3) is 0.562. The number of aryl methyl sites for hydroxylation is 1. The summed E-state index contributed by atoms with van der Waals surface area (Å²) in [6.07, 6.45) is 4.04. The number of nitrogens with one attached hydrogen (secondary N) is 3. The lowest BCUT2D eigenvalue weighted by Crippen LogP contribution is -2.31. The second-order valence-electron chi connectivity index (χ2n) is 6.01. The van der Waals surface area contributed by atoms with Crippen molar-refractivity contribution in [3.8, 4) is 0 Å². The summed E-state index contributed by atoms with van der Waals surface area (Å²) in [4.78, 5) is 12.0. The summed E-state index contributed by atoms with van der Waals surface area (Å²) < 4.78 is 27.0. The molecule has 0 aromatic heterocycles. The van der Waals surface area contributed by atoms with E-state index in [1.165, 1.54) is 6.07 Å². The fourth-order valence-electron chi connectivity index (χ4n) is 2.10. The number of sulfonamides is 1. The molecule has 7 heteroatoms. The average molecular weight is 339 g/mol. The third kappa shape index (κ3) is 5.51. The van der Waals surface area contributed by atoms with Gasteiger partial charge in [-0.05, 0) is 49.8 Å². The number of amides is 2. The molecule has 1 saturated carbocycles. The van der Waals surface area contributed by atoms with Gasteiger partial charge in [0.05, 0.1) is 4.90 Å². The molecule has 1 aromatic carbocycles. The topological polar surface area (TPSA) is 87.3 Å². The van der Waals surface area contributed by atoms with E-state index in [1.807, 2.05) is 13.8 Å². The van der Waals surface area contributed by atoms with Gasteiger partial charge in [-0.25, -0.2) is 17.9 Å². The second-order valence-corrected chi connectivity index (χ2v) is 7.77. The SMILES string of the molecule is CCCCNS(=O)(=O)c1ccc(C)c(NC(=O)NCC2CC2)c1. The number of unbranched alkanes of at least 4 members (excludes halogenated alkanes) is 1. The Hall–Kier alpha value is -1.60. The molecule has 1 aromatic rings. The van der Waals surface area contributed by atoms with Crippen molar-refractivity contribution in [2.45, 2.75) is 44.4 Å². The minimum absolute atomic E-state index is 0.164. The molecule has 1 aliphatic carbocycles. The number of carbonyl (C=O) groups is 1. The van der Waals surface area contributed by atoms with Gasteiger partial charge in [0.1, 0.15) is 0 Å². The van der Waals surface area contributed by atoms with Gasteiger partial charge in [0, 0.05) is 18.8 Å². The van der Waals surface area contributed by atoms with E-state index in [2.05, 4.69) is 15.4 Å². The van der Waals surface area contributed by atoms with Gasteiger partial charge in [-0.3, -0.25) is 0 Å². The minimum Gasteiger partial charge on any atom is -0.338 e. The molecule has 0 spiro atoms. The molecule has 6 nitrogen and oxygen atoms in total. The number of anilines is 1. The van der Waals surface area contributed by atoms with Crippen molar-refractivity contribution in [3.05, 3.63) is 23.8 Å². The average Bonchev–Trinajstić information content (AvgIpc) is 3.31. The highest BCUT2D eigenvalue weighted by Gasteiger charge is 2.22. The fourth-order valence-corrected chi connectivity index (χ4v) is 3.20. The molecule has 0 radical (unpaired) electrons. The van der Waals surface area contributed by atoms with Crippen molar-refractivity contribution in [3.63, 3.8) is 0 Å². The molecular weight excluding hydrogens is 314 g/mol. The van der Waals surface area contributed by atoms with Crippen LogP contribution in [0.2, 0.25) is 0 Å². The normalized spacial score (nSPS) is 14.5. The first-order valence-electron chi connectivity index (χ1n) is 8.07. The summed E-state index contributed by atoms with van der Waals surface area (Å²) in [5.41, 5.74) is 1.33. The maximum atomic E-state index is 12.2. The lowest BCUT2D eigenvalue weighted by molar-refractivity contribution is 0.251. The molecule has 23 heavy (non-hydrogen) atoms. The third-order valence-corrected chi connectivity index (χ3v) is 5.30. The zero-order chi connectivity index (χ0) is 16.9. The van der Waals surface area contributed by atoms with Gasteiger partial charge >= 0.3 is 6.03 Å². The van der Waals surface area contributed by atoms with Crippen LogP contribution in [0.25, 0.3) is 0 Å². The number of rotatable bonds is 8. The predicted molar refractivity (Wildman–Crippen MR) is 91.0 cm³/mol. The Bertz CT molecular complexity index is 655. The monoisotopic (exact) mass is 339 g/mol. The number of hydrogen-bond donors (Lipinski definition) is 3. The van der Waals surface area contributed by atoms with Crippen LogP contribution in [-0.2, 0) is 10.0 Å². The highest BCUT2D eigenvalue weighted by atomic mass is 32.2. The highest BCUT2D eigenvalue weighted by Crippen LogP contribution is 2.27. The smallest absolute Gasteiger partial charge is 0.319 e. The summed E-state index contributed by atoms with van der Waals surface area (Å²) in [7, 11) is -3.55. The van der Waals surface area contributed by atoms with Gasteiger partial charge in [0.2, 0.25) is 10.0 Å². The summed E-state index contributed by atoms with van der Waals surface area (Å²) in [6.45, 7) is 4.92. The van der Waals surface area contributed by atoms with E-state index in [4.69, 9.17) is 0 Å². The van der Waals surface area contributed by atoms with Gasteiger partial charge in [-0.15, -0.1) is 0 Å². The van der Waals surface area contributed by atoms with Crippen LogP contribution >= 0.6 is 0 Å². The molecule has 0 bridgehead atoms. The zero-order valence-corrected chi connectivity index (χ0v) is 14.5. The van der Waals surface area contributed by atoms with Crippen LogP contribution in [-0.4, -0.2) is 27.5 Å². The van der Waals surface area contributed by atoms with E-state index >= 15 is 0 Å².